The van der Waals surface area contributed by atoms with Crippen LogP contribution in [0.4, 0.5) is 5.82 Å². The van der Waals surface area contributed by atoms with Gasteiger partial charge in [0.2, 0.25) is 0 Å². The van der Waals surface area contributed by atoms with Crippen molar-refractivity contribution < 1.29 is 0 Å². The Morgan fingerprint density at radius 3 is 2.45 bits per heavy atom. The minimum atomic E-state index is 0.887. The lowest BCUT2D eigenvalue weighted by Crippen LogP contribution is -2.21. The summed E-state index contributed by atoms with van der Waals surface area (Å²) in [5, 5.41) is 8.03. The monoisotopic (exact) mass is 270 g/mol. The summed E-state index contributed by atoms with van der Waals surface area (Å²) in [5.41, 5.74) is 5.31. The summed E-state index contributed by atoms with van der Waals surface area (Å²) in [7, 11) is 2.04. The summed E-state index contributed by atoms with van der Waals surface area (Å²) in [6.07, 6.45) is 0. The zero-order valence-corrected chi connectivity index (χ0v) is 12.5. The average molecular weight is 270 g/mol. The number of hydrogen-bond donors (Lipinski definition) is 1. The summed E-state index contributed by atoms with van der Waals surface area (Å²) in [5.74, 6) is 1.25. The molecule has 0 aliphatic carbocycles. The van der Waals surface area contributed by atoms with Crippen molar-refractivity contribution >= 4 is 5.82 Å². The minimum absolute atomic E-state index is 0.887. The maximum atomic E-state index is 4.61. The van der Waals surface area contributed by atoms with Gasteiger partial charge in [-0.1, -0.05) is 31.2 Å². The van der Waals surface area contributed by atoms with Crippen LogP contribution in [0.3, 0.4) is 0 Å². The van der Waals surface area contributed by atoms with E-state index in [9.17, 15) is 0 Å². The van der Waals surface area contributed by atoms with Gasteiger partial charge < -0.3 is 10.2 Å². The van der Waals surface area contributed by atoms with Gasteiger partial charge in [0.25, 0.3) is 0 Å². The molecule has 0 fully saturated rings. The van der Waals surface area contributed by atoms with Crippen molar-refractivity contribution in [3.05, 3.63) is 46.6 Å². The Labute approximate surface area is 120 Å². The van der Waals surface area contributed by atoms with Gasteiger partial charge in [0.1, 0.15) is 5.82 Å². The largest absolute Gasteiger partial charge is 0.348 e. The minimum Gasteiger partial charge on any atom is -0.348 e. The van der Waals surface area contributed by atoms with Gasteiger partial charge in [0.05, 0.1) is 5.69 Å². The predicted molar refractivity (Wildman–Crippen MR) is 81.7 cm³/mol. The van der Waals surface area contributed by atoms with Gasteiger partial charge in [0.15, 0.2) is 0 Å². The Bertz CT molecular complexity index is 590. The molecule has 3 rings (SSSR count). The highest BCUT2D eigenvalue weighted by molar-refractivity contribution is 5.54. The molecule has 4 heteroatoms. The first-order chi connectivity index (χ1) is 9.70. The van der Waals surface area contributed by atoms with Crippen LogP contribution in [0.5, 0.6) is 0 Å². The number of rotatable bonds is 4. The highest BCUT2D eigenvalue weighted by Gasteiger charge is 2.24. The van der Waals surface area contributed by atoms with Crippen molar-refractivity contribution in [2.45, 2.75) is 33.5 Å². The summed E-state index contributed by atoms with van der Waals surface area (Å²) >= 11 is 0. The van der Waals surface area contributed by atoms with Crippen molar-refractivity contribution in [2.75, 3.05) is 11.4 Å². The molecule has 2 heterocycles. The molecule has 0 saturated carbocycles. The van der Waals surface area contributed by atoms with E-state index in [4.69, 9.17) is 0 Å². The fourth-order valence-corrected chi connectivity index (χ4v) is 3.03. The average Bonchev–Trinajstić information content (AvgIpc) is 2.96. The number of anilines is 1. The second kappa shape index (κ2) is 5.29. The first-order valence-electron chi connectivity index (χ1n) is 7.25. The van der Waals surface area contributed by atoms with Gasteiger partial charge in [0, 0.05) is 32.2 Å². The van der Waals surface area contributed by atoms with E-state index in [1.165, 1.54) is 22.5 Å². The second-order valence-corrected chi connectivity index (χ2v) is 5.42. The SMILES string of the molecule is CCNCc1c(C)nn(C)c1N1Cc2ccccc2C1. The standard InChI is InChI=1S/C16H22N4/c1-4-17-9-15-12(2)18-19(3)16(15)20-10-13-7-5-6-8-14(13)11-20/h5-8,17H,4,9-11H2,1-3H3. The number of fused-ring (bicyclic) bond motifs is 1. The van der Waals surface area contributed by atoms with Gasteiger partial charge in [-0.3, -0.25) is 4.68 Å². The van der Waals surface area contributed by atoms with E-state index in [0.29, 0.717) is 0 Å². The van der Waals surface area contributed by atoms with Crippen LogP contribution >= 0.6 is 0 Å². The molecule has 4 nitrogen and oxygen atoms in total. The molecule has 0 spiro atoms. The summed E-state index contributed by atoms with van der Waals surface area (Å²) in [6, 6.07) is 8.69. The van der Waals surface area contributed by atoms with E-state index in [2.05, 4.69) is 53.4 Å². The van der Waals surface area contributed by atoms with Crippen molar-refractivity contribution in [3.63, 3.8) is 0 Å². The topological polar surface area (TPSA) is 33.1 Å². The van der Waals surface area contributed by atoms with E-state index in [1.807, 2.05) is 11.7 Å². The Morgan fingerprint density at radius 1 is 1.20 bits per heavy atom. The van der Waals surface area contributed by atoms with Crippen molar-refractivity contribution in [2.24, 2.45) is 7.05 Å². The number of aryl methyl sites for hydroxylation is 2. The normalized spacial score (nSPS) is 13.8. The van der Waals surface area contributed by atoms with Crippen LogP contribution in [0.15, 0.2) is 24.3 Å². The third kappa shape index (κ3) is 2.20. The maximum Gasteiger partial charge on any atom is 0.131 e. The van der Waals surface area contributed by atoms with E-state index < -0.39 is 0 Å². The number of nitrogens with one attached hydrogen (secondary N) is 1. The lowest BCUT2D eigenvalue weighted by atomic mass is 10.1. The van der Waals surface area contributed by atoms with Crippen LogP contribution in [-0.2, 0) is 26.7 Å². The molecule has 0 atom stereocenters. The number of aromatic nitrogens is 2. The quantitative estimate of drug-likeness (QED) is 0.926. The van der Waals surface area contributed by atoms with Gasteiger partial charge in [-0.15, -0.1) is 0 Å². The zero-order chi connectivity index (χ0) is 14.1. The van der Waals surface area contributed by atoms with Crippen molar-refractivity contribution in [3.8, 4) is 0 Å². The van der Waals surface area contributed by atoms with Crippen LogP contribution in [0.2, 0.25) is 0 Å². The fraction of sp³-hybridized carbons (Fsp3) is 0.438. The summed E-state index contributed by atoms with van der Waals surface area (Å²) in [6.45, 7) is 8.06. The smallest absolute Gasteiger partial charge is 0.131 e. The molecular weight excluding hydrogens is 248 g/mol. The highest BCUT2D eigenvalue weighted by atomic mass is 15.4. The fourth-order valence-electron chi connectivity index (χ4n) is 3.03. The van der Waals surface area contributed by atoms with Gasteiger partial charge in [-0.2, -0.15) is 5.10 Å². The Balaban J connectivity index is 1.92. The molecule has 20 heavy (non-hydrogen) atoms. The molecule has 0 saturated heterocycles. The Hall–Kier alpha value is -1.81. The lowest BCUT2D eigenvalue weighted by Gasteiger charge is -2.20. The van der Waals surface area contributed by atoms with Crippen LogP contribution < -0.4 is 10.2 Å². The maximum absolute atomic E-state index is 4.61. The second-order valence-electron chi connectivity index (χ2n) is 5.42. The van der Waals surface area contributed by atoms with E-state index in [0.717, 1.165) is 31.9 Å². The van der Waals surface area contributed by atoms with Crippen LogP contribution in [-0.4, -0.2) is 16.3 Å². The molecule has 1 aromatic heterocycles. The lowest BCUT2D eigenvalue weighted by molar-refractivity contribution is 0.700. The van der Waals surface area contributed by atoms with Crippen LogP contribution in [0, 0.1) is 6.92 Å². The molecule has 1 aliphatic heterocycles. The number of nitrogens with zero attached hydrogens (tertiary/aromatic N) is 3. The molecule has 0 amide bonds. The molecule has 2 aromatic rings. The molecule has 1 aliphatic rings. The van der Waals surface area contributed by atoms with E-state index >= 15 is 0 Å². The van der Waals surface area contributed by atoms with Gasteiger partial charge >= 0.3 is 0 Å². The first kappa shape index (κ1) is 13.2. The highest BCUT2D eigenvalue weighted by Crippen LogP contribution is 2.31. The van der Waals surface area contributed by atoms with Gasteiger partial charge in [-0.05, 0) is 24.6 Å². The Morgan fingerprint density at radius 2 is 1.85 bits per heavy atom. The van der Waals surface area contributed by atoms with Gasteiger partial charge in [-0.25, -0.2) is 0 Å². The summed E-state index contributed by atoms with van der Waals surface area (Å²) in [4.78, 5) is 2.43. The summed E-state index contributed by atoms with van der Waals surface area (Å²) < 4.78 is 2.02. The van der Waals surface area contributed by atoms with Crippen LogP contribution in [0.25, 0.3) is 0 Å². The Kier molecular flexibility index (Phi) is 3.49. The van der Waals surface area contributed by atoms with E-state index in [1.54, 1.807) is 0 Å². The molecule has 106 valence electrons. The molecule has 1 N–H and O–H groups in total. The zero-order valence-electron chi connectivity index (χ0n) is 12.5. The molecule has 0 bridgehead atoms. The van der Waals surface area contributed by atoms with Crippen molar-refractivity contribution in [1.82, 2.24) is 15.1 Å². The molecule has 0 radical (unpaired) electrons. The molecular formula is C16H22N4. The molecule has 0 unspecified atom stereocenters. The number of hydrogen-bond acceptors (Lipinski definition) is 3. The van der Waals surface area contributed by atoms with E-state index in [-0.39, 0.29) is 0 Å². The predicted octanol–water partition coefficient (Wildman–Crippen LogP) is 2.36. The molecule has 1 aromatic carbocycles. The third-order valence-electron chi connectivity index (χ3n) is 4.01. The van der Waals surface area contributed by atoms with Crippen molar-refractivity contribution in [1.29, 1.82) is 0 Å². The number of benzene rings is 1. The van der Waals surface area contributed by atoms with Crippen LogP contribution in [0.1, 0.15) is 29.3 Å². The third-order valence-corrected chi connectivity index (χ3v) is 4.01. The first-order valence-corrected chi connectivity index (χ1v) is 7.25.